The third-order valence-corrected chi connectivity index (χ3v) is 4.94. The number of nitrogens with two attached hydrogens (primary N) is 1. The standard InChI is InChI=1S/C21H22N2O4/c1-13-4-3-5-18(14(13)2)23-11-17(10-19(23)24)21(26)27-12-15-6-8-16(9-7-15)20(22)25/h3-9,17H,10-12H2,1-2H3,(H2,22,25). The second-order valence-corrected chi connectivity index (χ2v) is 6.79. The van der Waals surface area contributed by atoms with Crippen LogP contribution in [0.2, 0.25) is 0 Å². The van der Waals surface area contributed by atoms with Crippen molar-refractivity contribution in [1.82, 2.24) is 0 Å². The van der Waals surface area contributed by atoms with Crippen LogP contribution in [0.15, 0.2) is 42.5 Å². The lowest BCUT2D eigenvalue weighted by Crippen LogP contribution is -2.27. The van der Waals surface area contributed by atoms with E-state index < -0.39 is 17.8 Å². The van der Waals surface area contributed by atoms with Crippen molar-refractivity contribution in [2.45, 2.75) is 26.9 Å². The Bertz CT molecular complexity index is 890. The number of benzene rings is 2. The van der Waals surface area contributed by atoms with E-state index in [1.807, 2.05) is 32.0 Å². The molecule has 6 nitrogen and oxygen atoms in total. The van der Waals surface area contributed by atoms with Crippen LogP contribution < -0.4 is 10.6 Å². The smallest absolute Gasteiger partial charge is 0.311 e. The zero-order valence-electron chi connectivity index (χ0n) is 15.4. The number of hydrogen-bond donors (Lipinski definition) is 1. The lowest BCUT2D eigenvalue weighted by Gasteiger charge is -2.20. The molecule has 2 amide bonds. The molecule has 0 saturated carbocycles. The van der Waals surface area contributed by atoms with Crippen molar-refractivity contribution in [2.75, 3.05) is 11.4 Å². The molecule has 2 N–H and O–H groups in total. The topological polar surface area (TPSA) is 89.7 Å². The zero-order valence-corrected chi connectivity index (χ0v) is 15.4. The number of aryl methyl sites for hydroxylation is 1. The number of ether oxygens (including phenoxy) is 1. The molecule has 1 aliphatic heterocycles. The molecule has 0 bridgehead atoms. The van der Waals surface area contributed by atoms with Crippen LogP contribution in [-0.4, -0.2) is 24.3 Å². The molecule has 2 aromatic rings. The molecule has 0 spiro atoms. The van der Waals surface area contributed by atoms with E-state index in [-0.39, 0.29) is 18.9 Å². The number of anilines is 1. The van der Waals surface area contributed by atoms with Gasteiger partial charge < -0.3 is 15.4 Å². The Labute approximate surface area is 157 Å². The van der Waals surface area contributed by atoms with Crippen molar-refractivity contribution in [3.63, 3.8) is 0 Å². The van der Waals surface area contributed by atoms with E-state index >= 15 is 0 Å². The first kappa shape index (κ1) is 18.6. The molecule has 1 aliphatic rings. The van der Waals surface area contributed by atoms with Crippen LogP contribution in [0, 0.1) is 19.8 Å². The lowest BCUT2D eigenvalue weighted by atomic mass is 10.1. The van der Waals surface area contributed by atoms with Gasteiger partial charge in [-0.3, -0.25) is 14.4 Å². The van der Waals surface area contributed by atoms with Gasteiger partial charge in [0.25, 0.3) is 0 Å². The summed E-state index contributed by atoms with van der Waals surface area (Å²) in [6, 6.07) is 12.4. The Kier molecular flexibility index (Phi) is 5.26. The molecule has 1 fully saturated rings. The summed E-state index contributed by atoms with van der Waals surface area (Å²) in [7, 11) is 0. The van der Waals surface area contributed by atoms with Gasteiger partial charge >= 0.3 is 5.97 Å². The number of carbonyl (C=O) groups excluding carboxylic acids is 3. The first-order valence-electron chi connectivity index (χ1n) is 8.78. The molecule has 3 rings (SSSR count). The highest BCUT2D eigenvalue weighted by Crippen LogP contribution is 2.30. The predicted molar refractivity (Wildman–Crippen MR) is 101 cm³/mol. The summed E-state index contributed by atoms with van der Waals surface area (Å²) < 4.78 is 5.36. The number of hydrogen-bond acceptors (Lipinski definition) is 4. The normalized spacial score (nSPS) is 16.4. The van der Waals surface area contributed by atoms with Crippen LogP contribution >= 0.6 is 0 Å². The molecule has 27 heavy (non-hydrogen) atoms. The Balaban J connectivity index is 1.62. The average molecular weight is 366 g/mol. The maximum absolute atomic E-state index is 12.4. The number of esters is 1. The molecule has 0 radical (unpaired) electrons. The van der Waals surface area contributed by atoms with E-state index in [0.29, 0.717) is 12.1 Å². The molecule has 1 saturated heterocycles. The van der Waals surface area contributed by atoms with Crippen LogP contribution in [0.1, 0.15) is 33.5 Å². The second kappa shape index (κ2) is 7.61. The summed E-state index contributed by atoms with van der Waals surface area (Å²) in [5, 5.41) is 0. The predicted octanol–water partition coefficient (Wildman–Crippen LogP) is 2.50. The van der Waals surface area contributed by atoms with Gasteiger partial charge in [0.15, 0.2) is 0 Å². The quantitative estimate of drug-likeness (QED) is 0.823. The Morgan fingerprint density at radius 1 is 1.15 bits per heavy atom. The molecule has 1 unspecified atom stereocenters. The highest BCUT2D eigenvalue weighted by molar-refractivity contribution is 6.00. The summed E-state index contributed by atoms with van der Waals surface area (Å²) in [6.07, 6.45) is 0.146. The second-order valence-electron chi connectivity index (χ2n) is 6.79. The molecule has 1 atom stereocenters. The van der Waals surface area contributed by atoms with E-state index in [1.54, 1.807) is 29.2 Å². The van der Waals surface area contributed by atoms with E-state index in [1.165, 1.54) is 0 Å². The third kappa shape index (κ3) is 4.00. The highest BCUT2D eigenvalue weighted by Gasteiger charge is 2.36. The largest absolute Gasteiger partial charge is 0.461 e. The summed E-state index contributed by atoms with van der Waals surface area (Å²) in [5.41, 5.74) is 9.34. The summed E-state index contributed by atoms with van der Waals surface area (Å²) in [5.74, 6) is -1.46. The monoisotopic (exact) mass is 366 g/mol. The minimum atomic E-state index is -0.505. The number of carbonyl (C=O) groups is 3. The van der Waals surface area contributed by atoms with Gasteiger partial charge in [-0.15, -0.1) is 0 Å². The van der Waals surface area contributed by atoms with Gasteiger partial charge in [0, 0.05) is 24.2 Å². The van der Waals surface area contributed by atoms with Gasteiger partial charge in [-0.05, 0) is 48.7 Å². The van der Waals surface area contributed by atoms with Gasteiger partial charge in [0.1, 0.15) is 6.61 Å². The molecular formula is C21H22N2O4. The van der Waals surface area contributed by atoms with Crippen LogP contribution in [0.4, 0.5) is 5.69 Å². The Hall–Kier alpha value is -3.15. The summed E-state index contributed by atoms with van der Waals surface area (Å²) in [6.45, 7) is 4.38. The Morgan fingerprint density at radius 2 is 1.85 bits per heavy atom. The highest BCUT2D eigenvalue weighted by atomic mass is 16.5. The molecule has 140 valence electrons. The van der Waals surface area contributed by atoms with Gasteiger partial charge in [-0.2, -0.15) is 0 Å². The molecule has 0 aliphatic carbocycles. The number of nitrogens with zero attached hydrogens (tertiary/aromatic N) is 1. The first-order valence-corrected chi connectivity index (χ1v) is 8.78. The van der Waals surface area contributed by atoms with Crippen molar-refractivity contribution >= 4 is 23.5 Å². The zero-order chi connectivity index (χ0) is 19.6. The van der Waals surface area contributed by atoms with Crippen molar-refractivity contribution in [3.8, 4) is 0 Å². The van der Waals surface area contributed by atoms with Crippen LogP contribution in [0.5, 0.6) is 0 Å². The van der Waals surface area contributed by atoms with Crippen molar-refractivity contribution in [2.24, 2.45) is 11.7 Å². The average Bonchev–Trinajstić information content (AvgIpc) is 3.04. The van der Waals surface area contributed by atoms with E-state index in [0.717, 1.165) is 22.4 Å². The third-order valence-electron chi connectivity index (χ3n) is 4.94. The molecular weight excluding hydrogens is 344 g/mol. The van der Waals surface area contributed by atoms with Gasteiger partial charge in [-0.25, -0.2) is 0 Å². The van der Waals surface area contributed by atoms with E-state index in [9.17, 15) is 14.4 Å². The van der Waals surface area contributed by atoms with Crippen LogP contribution in [0.25, 0.3) is 0 Å². The van der Waals surface area contributed by atoms with Gasteiger partial charge in [0.2, 0.25) is 11.8 Å². The summed E-state index contributed by atoms with van der Waals surface area (Å²) in [4.78, 5) is 37.5. The number of primary amides is 1. The van der Waals surface area contributed by atoms with Crippen LogP contribution in [0.3, 0.4) is 0 Å². The van der Waals surface area contributed by atoms with Crippen LogP contribution in [-0.2, 0) is 20.9 Å². The fraction of sp³-hybridized carbons (Fsp3) is 0.286. The van der Waals surface area contributed by atoms with Gasteiger partial charge in [0.05, 0.1) is 5.92 Å². The minimum Gasteiger partial charge on any atom is -0.461 e. The van der Waals surface area contributed by atoms with E-state index in [2.05, 4.69) is 0 Å². The fourth-order valence-corrected chi connectivity index (χ4v) is 3.16. The molecule has 6 heteroatoms. The maximum atomic E-state index is 12.4. The fourth-order valence-electron chi connectivity index (χ4n) is 3.16. The maximum Gasteiger partial charge on any atom is 0.311 e. The lowest BCUT2D eigenvalue weighted by molar-refractivity contribution is -0.149. The van der Waals surface area contributed by atoms with Crippen molar-refractivity contribution in [1.29, 1.82) is 0 Å². The Morgan fingerprint density at radius 3 is 2.52 bits per heavy atom. The minimum absolute atomic E-state index is 0.0727. The van der Waals surface area contributed by atoms with Crippen molar-refractivity contribution in [3.05, 3.63) is 64.7 Å². The SMILES string of the molecule is Cc1cccc(N2CC(C(=O)OCc3ccc(C(N)=O)cc3)CC2=O)c1C. The van der Waals surface area contributed by atoms with Crippen molar-refractivity contribution < 1.29 is 19.1 Å². The number of rotatable bonds is 5. The molecule has 1 heterocycles. The molecule has 2 aromatic carbocycles. The summed E-state index contributed by atoms with van der Waals surface area (Å²) >= 11 is 0. The first-order chi connectivity index (χ1) is 12.9. The van der Waals surface area contributed by atoms with Gasteiger partial charge in [-0.1, -0.05) is 24.3 Å². The van der Waals surface area contributed by atoms with E-state index in [4.69, 9.17) is 10.5 Å². The molecule has 0 aromatic heterocycles. The number of amides is 2.